The van der Waals surface area contributed by atoms with E-state index in [0.717, 1.165) is 6.42 Å². The van der Waals surface area contributed by atoms with Gasteiger partial charge in [-0.05, 0) is 19.3 Å². The molecule has 5 nitrogen and oxygen atoms in total. The highest BCUT2D eigenvalue weighted by molar-refractivity contribution is 8.14. The lowest BCUT2D eigenvalue weighted by Gasteiger charge is -2.30. The summed E-state index contributed by atoms with van der Waals surface area (Å²) < 4.78 is 27.7. The monoisotopic (exact) mass is 319 g/mol. The zero-order chi connectivity index (χ0) is 14.6. The number of carbonyl (C=O) groups excluding carboxylic acids is 1. The van der Waals surface area contributed by atoms with Crippen LogP contribution in [-0.4, -0.2) is 44.4 Å². The van der Waals surface area contributed by atoms with Crippen LogP contribution in [0.15, 0.2) is 24.3 Å². The van der Waals surface area contributed by atoms with Gasteiger partial charge in [-0.1, -0.05) is 24.3 Å². The number of rotatable bonds is 3. The first kappa shape index (κ1) is 15.4. The molecular weight excluding hydrogens is 302 g/mol. The summed E-state index contributed by atoms with van der Waals surface area (Å²) in [4.78, 5) is 13.4. The van der Waals surface area contributed by atoms with Crippen LogP contribution in [0.25, 0.3) is 0 Å². The van der Waals surface area contributed by atoms with E-state index in [1.165, 1.54) is 0 Å². The molecule has 1 amide bonds. The van der Waals surface area contributed by atoms with E-state index in [0.29, 0.717) is 32.5 Å². The fourth-order valence-corrected chi connectivity index (χ4v) is 3.65. The Labute approximate surface area is 123 Å². The Kier molecular flexibility index (Phi) is 5.10. The second kappa shape index (κ2) is 6.63. The molecule has 20 heavy (non-hydrogen) atoms. The molecule has 1 saturated heterocycles. The molecule has 7 heteroatoms. The van der Waals surface area contributed by atoms with Crippen molar-refractivity contribution in [1.29, 1.82) is 0 Å². The Morgan fingerprint density at radius 1 is 1.30 bits per heavy atom. The van der Waals surface area contributed by atoms with Gasteiger partial charge in [-0.2, -0.15) is 0 Å². The molecule has 0 aromatic heterocycles. The van der Waals surface area contributed by atoms with Crippen molar-refractivity contribution in [1.82, 2.24) is 4.90 Å². The predicted octanol–water partition coefficient (Wildman–Crippen LogP) is 2.29. The lowest BCUT2D eigenvalue weighted by Crippen LogP contribution is -2.42. The molecule has 0 spiro atoms. The Morgan fingerprint density at radius 3 is 2.55 bits per heavy atom. The Morgan fingerprint density at radius 2 is 2.00 bits per heavy atom. The third kappa shape index (κ3) is 4.24. The zero-order valence-corrected chi connectivity index (χ0v) is 12.6. The zero-order valence-electron chi connectivity index (χ0n) is 11.1. The van der Waals surface area contributed by atoms with Crippen molar-refractivity contribution < 1.29 is 17.9 Å². The van der Waals surface area contributed by atoms with Crippen LogP contribution in [0.1, 0.15) is 19.3 Å². The van der Waals surface area contributed by atoms with Gasteiger partial charge < -0.3 is 9.64 Å². The van der Waals surface area contributed by atoms with Crippen molar-refractivity contribution in [2.45, 2.75) is 24.5 Å². The molecule has 0 saturated carbocycles. The first-order valence-electron chi connectivity index (χ1n) is 6.65. The summed E-state index contributed by atoms with van der Waals surface area (Å²) in [5.41, 5.74) is 0. The SMILES string of the molecule is O=C(OCC1C=CC=CC1)N1CCC(S(=O)(=O)Cl)CC1. The number of halogens is 1. The van der Waals surface area contributed by atoms with Crippen molar-refractivity contribution >= 4 is 25.8 Å². The summed E-state index contributed by atoms with van der Waals surface area (Å²) in [6, 6.07) is 0. The number of likely N-dealkylation sites (tertiary alicyclic amines) is 1. The van der Waals surface area contributed by atoms with Crippen LogP contribution in [0.4, 0.5) is 4.79 Å². The van der Waals surface area contributed by atoms with Crippen LogP contribution in [0.5, 0.6) is 0 Å². The molecule has 0 N–H and O–H groups in total. The number of hydrogen-bond acceptors (Lipinski definition) is 4. The van der Waals surface area contributed by atoms with Gasteiger partial charge in [0.1, 0.15) is 0 Å². The van der Waals surface area contributed by atoms with Crippen LogP contribution in [0, 0.1) is 5.92 Å². The number of carbonyl (C=O) groups is 1. The summed E-state index contributed by atoms with van der Waals surface area (Å²) in [6.45, 7) is 1.10. The molecule has 0 aromatic rings. The van der Waals surface area contributed by atoms with Crippen LogP contribution in [-0.2, 0) is 13.8 Å². The largest absolute Gasteiger partial charge is 0.449 e. The minimum atomic E-state index is -3.53. The Balaban J connectivity index is 1.74. The molecule has 1 atom stereocenters. The van der Waals surface area contributed by atoms with Gasteiger partial charge in [0.2, 0.25) is 9.05 Å². The van der Waals surface area contributed by atoms with Crippen molar-refractivity contribution in [3.63, 3.8) is 0 Å². The fourth-order valence-electron chi connectivity index (χ4n) is 2.34. The van der Waals surface area contributed by atoms with Crippen LogP contribution < -0.4 is 0 Å². The first-order valence-corrected chi connectivity index (χ1v) is 9.02. The number of allylic oxidation sites excluding steroid dienone is 3. The molecule has 112 valence electrons. The predicted molar refractivity (Wildman–Crippen MR) is 77.1 cm³/mol. The molecule has 0 aromatic carbocycles. The molecule has 0 radical (unpaired) electrons. The molecule has 2 rings (SSSR count). The van der Waals surface area contributed by atoms with Gasteiger partial charge >= 0.3 is 6.09 Å². The highest BCUT2D eigenvalue weighted by atomic mass is 35.7. The lowest BCUT2D eigenvalue weighted by molar-refractivity contribution is 0.0873. The standard InChI is InChI=1S/C13H18ClNO4S/c14-20(17,18)12-6-8-15(9-7-12)13(16)19-10-11-4-2-1-3-5-11/h1-4,11-12H,5-10H2. The topological polar surface area (TPSA) is 63.7 Å². The van der Waals surface area contributed by atoms with Gasteiger partial charge in [-0.25, -0.2) is 13.2 Å². The van der Waals surface area contributed by atoms with E-state index in [2.05, 4.69) is 0 Å². The minimum Gasteiger partial charge on any atom is -0.449 e. The molecule has 0 bridgehead atoms. The van der Waals surface area contributed by atoms with E-state index in [9.17, 15) is 13.2 Å². The van der Waals surface area contributed by atoms with Crippen LogP contribution in [0.2, 0.25) is 0 Å². The number of hydrogen-bond donors (Lipinski definition) is 0. The van der Waals surface area contributed by atoms with Gasteiger partial charge in [0.05, 0.1) is 11.9 Å². The first-order chi connectivity index (χ1) is 9.47. The number of amides is 1. The third-order valence-electron chi connectivity index (χ3n) is 3.59. The average Bonchev–Trinajstić information content (AvgIpc) is 2.45. The van der Waals surface area contributed by atoms with Crippen molar-refractivity contribution in [2.75, 3.05) is 19.7 Å². The van der Waals surface area contributed by atoms with Crippen LogP contribution >= 0.6 is 10.7 Å². The van der Waals surface area contributed by atoms with E-state index in [1.807, 2.05) is 24.3 Å². The quantitative estimate of drug-likeness (QED) is 0.749. The summed E-state index contributed by atoms with van der Waals surface area (Å²) >= 11 is 0. The van der Waals surface area contributed by atoms with Crippen molar-refractivity contribution in [3.8, 4) is 0 Å². The molecule has 1 heterocycles. The van der Waals surface area contributed by atoms with E-state index >= 15 is 0 Å². The van der Waals surface area contributed by atoms with Gasteiger partial charge in [0.15, 0.2) is 0 Å². The number of piperidine rings is 1. The summed E-state index contributed by atoms with van der Waals surface area (Å²) in [7, 11) is 1.80. The number of nitrogens with zero attached hydrogens (tertiary/aromatic N) is 1. The van der Waals surface area contributed by atoms with Gasteiger partial charge in [0.25, 0.3) is 0 Å². The lowest BCUT2D eigenvalue weighted by atomic mass is 10.0. The summed E-state index contributed by atoms with van der Waals surface area (Å²) in [5, 5.41) is -0.556. The average molecular weight is 320 g/mol. The maximum Gasteiger partial charge on any atom is 0.409 e. The van der Waals surface area contributed by atoms with E-state index in [4.69, 9.17) is 15.4 Å². The Hall–Kier alpha value is -1.01. The molecule has 1 fully saturated rings. The molecule has 2 aliphatic rings. The molecule has 1 aliphatic carbocycles. The highest BCUT2D eigenvalue weighted by Gasteiger charge is 2.30. The second-order valence-electron chi connectivity index (χ2n) is 5.05. The molecule has 1 unspecified atom stereocenters. The fraction of sp³-hybridized carbons (Fsp3) is 0.615. The smallest absolute Gasteiger partial charge is 0.409 e. The number of ether oxygens (including phenoxy) is 1. The highest BCUT2D eigenvalue weighted by Crippen LogP contribution is 2.21. The van der Waals surface area contributed by atoms with Gasteiger partial charge in [-0.3, -0.25) is 0 Å². The minimum absolute atomic E-state index is 0.227. The normalized spacial score (nSPS) is 23.9. The Bertz CT molecular complexity index is 506. The van der Waals surface area contributed by atoms with E-state index in [1.54, 1.807) is 4.90 Å². The van der Waals surface area contributed by atoms with Gasteiger partial charge in [-0.15, -0.1) is 0 Å². The van der Waals surface area contributed by atoms with E-state index in [-0.39, 0.29) is 12.0 Å². The van der Waals surface area contributed by atoms with Crippen molar-refractivity contribution in [3.05, 3.63) is 24.3 Å². The van der Waals surface area contributed by atoms with Crippen LogP contribution in [0.3, 0.4) is 0 Å². The molecular formula is C13H18ClNO4S. The summed E-state index contributed by atoms with van der Waals surface area (Å²) in [6.07, 6.45) is 9.19. The third-order valence-corrected chi connectivity index (χ3v) is 5.61. The maximum absolute atomic E-state index is 11.9. The summed E-state index contributed by atoms with van der Waals surface area (Å²) in [5.74, 6) is 0.227. The van der Waals surface area contributed by atoms with Gasteiger partial charge in [0, 0.05) is 29.7 Å². The van der Waals surface area contributed by atoms with E-state index < -0.39 is 14.3 Å². The van der Waals surface area contributed by atoms with Crippen molar-refractivity contribution in [2.24, 2.45) is 5.92 Å². The maximum atomic E-state index is 11.9. The second-order valence-corrected chi connectivity index (χ2v) is 7.96. The molecule has 1 aliphatic heterocycles.